The first-order valence-corrected chi connectivity index (χ1v) is 4.55. The average Bonchev–Trinajstić information content (AvgIpc) is 2.66. The molecule has 0 fully saturated rings. The van der Waals surface area contributed by atoms with E-state index >= 15 is 0 Å². The molecule has 78 valence electrons. The van der Waals surface area contributed by atoms with Gasteiger partial charge in [-0.25, -0.2) is 9.67 Å². The van der Waals surface area contributed by atoms with E-state index in [2.05, 4.69) is 15.1 Å². The highest BCUT2D eigenvalue weighted by Gasteiger charge is 2.01. The maximum atomic E-state index is 5.42. The van der Waals surface area contributed by atoms with Gasteiger partial charge in [-0.1, -0.05) is 0 Å². The van der Waals surface area contributed by atoms with Gasteiger partial charge in [-0.3, -0.25) is 4.98 Å². The fourth-order valence-electron chi connectivity index (χ4n) is 1.18. The summed E-state index contributed by atoms with van der Waals surface area (Å²) in [6.45, 7) is 2.52. The summed E-state index contributed by atoms with van der Waals surface area (Å²) < 4.78 is 6.87. The first-order valence-electron chi connectivity index (χ1n) is 4.55. The second-order valence-corrected chi connectivity index (χ2v) is 2.86. The number of pyridine rings is 1. The number of nitrogens with zero attached hydrogens (tertiary/aromatic N) is 4. The van der Waals surface area contributed by atoms with Gasteiger partial charge in [-0.15, -0.1) is 5.10 Å². The smallest absolute Gasteiger partial charge is 0.239 e. The largest absolute Gasteiger partial charge is 0.492 e. The molecule has 2 heterocycles. The summed E-state index contributed by atoms with van der Waals surface area (Å²) in [6.07, 6.45) is 4.84. The number of ether oxygens (including phenoxy) is 1. The van der Waals surface area contributed by atoms with Gasteiger partial charge < -0.3 is 10.5 Å². The van der Waals surface area contributed by atoms with Crippen molar-refractivity contribution in [3.8, 4) is 11.4 Å². The van der Waals surface area contributed by atoms with E-state index in [-0.39, 0.29) is 5.95 Å². The predicted octanol–water partition coefficient (Wildman–Crippen LogP) is 0.643. The number of rotatable bonds is 3. The van der Waals surface area contributed by atoms with Gasteiger partial charge in [0.05, 0.1) is 24.7 Å². The summed E-state index contributed by atoms with van der Waals surface area (Å²) in [5.74, 6) is 0.931. The van der Waals surface area contributed by atoms with Gasteiger partial charge in [-0.2, -0.15) is 0 Å². The quantitative estimate of drug-likeness (QED) is 0.795. The minimum atomic E-state index is 0.233. The summed E-state index contributed by atoms with van der Waals surface area (Å²) in [7, 11) is 0. The number of aromatic nitrogens is 4. The van der Waals surface area contributed by atoms with E-state index in [1.165, 1.54) is 6.33 Å². The summed E-state index contributed by atoms with van der Waals surface area (Å²) in [5, 5.41) is 3.97. The molecule has 0 amide bonds. The van der Waals surface area contributed by atoms with Gasteiger partial charge in [0.15, 0.2) is 0 Å². The van der Waals surface area contributed by atoms with Crippen molar-refractivity contribution < 1.29 is 4.74 Å². The van der Waals surface area contributed by atoms with Gasteiger partial charge in [0, 0.05) is 6.07 Å². The molecule has 6 heteroatoms. The Labute approximate surface area is 86.7 Å². The highest BCUT2D eigenvalue weighted by molar-refractivity contribution is 5.35. The molecule has 2 rings (SSSR count). The lowest BCUT2D eigenvalue weighted by atomic mass is 10.4. The molecular weight excluding hydrogens is 194 g/mol. The van der Waals surface area contributed by atoms with E-state index in [0.29, 0.717) is 12.4 Å². The van der Waals surface area contributed by atoms with Crippen LogP contribution in [0.25, 0.3) is 5.69 Å². The zero-order chi connectivity index (χ0) is 10.7. The molecule has 2 aromatic heterocycles. The molecule has 0 aliphatic heterocycles. The third-order valence-electron chi connectivity index (χ3n) is 1.78. The van der Waals surface area contributed by atoms with E-state index < -0.39 is 0 Å². The maximum absolute atomic E-state index is 5.42. The van der Waals surface area contributed by atoms with E-state index in [0.717, 1.165) is 5.69 Å². The summed E-state index contributed by atoms with van der Waals surface area (Å²) in [4.78, 5) is 7.86. The van der Waals surface area contributed by atoms with Crippen LogP contribution in [-0.2, 0) is 0 Å². The van der Waals surface area contributed by atoms with Crippen LogP contribution >= 0.6 is 0 Å². The van der Waals surface area contributed by atoms with Crippen molar-refractivity contribution in [2.24, 2.45) is 0 Å². The fourth-order valence-corrected chi connectivity index (χ4v) is 1.18. The Morgan fingerprint density at radius 2 is 2.33 bits per heavy atom. The molecular formula is C9H11N5O. The van der Waals surface area contributed by atoms with Crippen molar-refractivity contribution in [3.63, 3.8) is 0 Å². The van der Waals surface area contributed by atoms with Crippen molar-refractivity contribution in [2.75, 3.05) is 12.3 Å². The van der Waals surface area contributed by atoms with Crippen LogP contribution in [0.1, 0.15) is 6.92 Å². The van der Waals surface area contributed by atoms with Crippen LogP contribution in [0.15, 0.2) is 24.8 Å². The minimum Gasteiger partial charge on any atom is -0.492 e. The Balaban J connectivity index is 2.32. The lowest BCUT2D eigenvalue weighted by Crippen LogP contribution is -1.99. The normalized spacial score (nSPS) is 10.2. The maximum Gasteiger partial charge on any atom is 0.239 e. The van der Waals surface area contributed by atoms with Crippen molar-refractivity contribution in [1.82, 2.24) is 19.7 Å². The molecule has 0 aliphatic rings. The van der Waals surface area contributed by atoms with Gasteiger partial charge in [0.1, 0.15) is 12.1 Å². The lowest BCUT2D eigenvalue weighted by Gasteiger charge is -2.04. The molecule has 6 nitrogen and oxygen atoms in total. The number of nitrogens with two attached hydrogens (primary N) is 1. The molecule has 0 spiro atoms. The monoisotopic (exact) mass is 205 g/mol. The standard InChI is InChI=1S/C9H11N5O/c1-2-15-8-3-7(4-11-5-8)14-6-12-9(10)13-14/h3-6H,2H2,1H3,(H2,10,13). The second kappa shape index (κ2) is 3.95. The topological polar surface area (TPSA) is 78.8 Å². The van der Waals surface area contributed by atoms with Crippen LogP contribution in [0.5, 0.6) is 5.75 Å². The Morgan fingerprint density at radius 1 is 1.47 bits per heavy atom. The lowest BCUT2D eigenvalue weighted by molar-refractivity contribution is 0.338. The van der Waals surface area contributed by atoms with Crippen LogP contribution in [0, 0.1) is 0 Å². The van der Waals surface area contributed by atoms with E-state index in [9.17, 15) is 0 Å². The Hall–Kier alpha value is -2.11. The zero-order valence-electron chi connectivity index (χ0n) is 8.29. The molecule has 0 atom stereocenters. The van der Waals surface area contributed by atoms with Crippen LogP contribution in [0.2, 0.25) is 0 Å². The number of nitrogen functional groups attached to an aromatic ring is 1. The van der Waals surface area contributed by atoms with E-state index in [1.807, 2.05) is 13.0 Å². The first kappa shape index (κ1) is 9.45. The Kier molecular flexibility index (Phi) is 2.49. The molecule has 0 aliphatic carbocycles. The SMILES string of the molecule is CCOc1cncc(-n2cnc(N)n2)c1. The first-order chi connectivity index (χ1) is 7.29. The Bertz CT molecular complexity index is 453. The van der Waals surface area contributed by atoms with E-state index in [4.69, 9.17) is 10.5 Å². The van der Waals surface area contributed by atoms with Crippen LogP contribution < -0.4 is 10.5 Å². The third-order valence-corrected chi connectivity index (χ3v) is 1.78. The molecule has 0 unspecified atom stereocenters. The molecule has 0 saturated heterocycles. The number of hydrogen-bond acceptors (Lipinski definition) is 5. The summed E-state index contributed by atoms with van der Waals surface area (Å²) in [6, 6.07) is 1.82. The van der Waals surface area contributed by atoms with Gasteiger partial charge in [0.25, 0.3) is 0 Å². The van der Waals surface area contributed by atoms with Crippen LogP contribution in [0.4, 0.5) is 5.95 Å². The third kappa shape index (κ3) is 2.04. The molecule has 2 aromatic rings. The van der Waals surface area contributed by atoms with Gasteiger partial charge >= 0.3 is 0 Å². The second-order valence-electron chi connectivity index (χ2n) is 2.86. The zero-order valence-corrected chi connectivity index (χ0v) is 8.29. The van der Waals surface area contributed by atoms with Crippen molar-refractivity contribution >= 4 is 5.95 Å². The molecule has 0 radical (unpaired) electrons. The summed E-state index contributed by atoms with van der Waals surface area (Å²) in [5.41, 5.74) is 6.19. The molecule has 0 saturated carbocycles. The highest BCUT2D eigenvalue weighted by atomic mass is 16.5. The number of hydrogen-bond donors (Lipinski definition) is 1. The summed E-state index contributed by atoms with van der Waals surface area (Å²) >= 11 is 0. The average molecular weight is 205 g/mol. The van der Waals surface area contributed by atoms with Crippen LogP contribution in [0.3, 0.4) is 0 Å². The Morgan fingerprint density at radius 3 is 3.00 bits per heavy atom. The van der Waals surface area contributed by atoms with Gasteiger partial charge in [0.2, 0.25) is 5.95 Å². The molecule has 15 heavy (non-hydrogen) atoms. The predicted molar refractivity (Wildman–Crippen MR) is 54.7 cm³/mol. The van der Waals surface area contributed by atoms with Gasteiger partial charge in [-0.05, 0) is 6.92 Å². The van der Waals surface area contributed by atoms with E-state index in [1.54, 1.807) is 17.1 Å². The highest BCUT2D eigenvalue weighted by Crippen LogP contribution is 2.13. The van der Waals surface area contributed by atoms with Crippen molar-refractivity contribution in [1.29, 1.82) is 0 Å². The molecule has 0 aromatic carbocycles. The number of anilines is 1. The fraction of sp³-hybridized carbons (Fsp3) is 0.222. The van der Waals surface area contributed by atoms with Crippen LogP contribution in [-0.4, -0.2) is 26.4 Å². The van der Waals surface area contributed by atoms with Crippen molar-refractivity contribution in [2.45, 2.75) is 6.92 Å². The van der Waals surface area contributed by atoms with Crippen molar-refractivity contribution in [3.05, 3.63) is 24.8 Å². The molecule has 0 bridgehead atoms. The molecule has 2 N–H and O–H groups in total. The minimum absolute atomic E-state index is 0.233.